The second-order valence-corrected chi connectivity index (χ2v) is 8.89. The van der Waals surface area contributed by atoms with Crippen LogP contribution in [0.4, 0.5) is 0 Å². The van der Waals surface area contributed by atoms with Crippen LogP contribution in [0.1, 0.15) is 83.6 Å². The van der Waals surface area contributed by atoms with Crippen LogP contribution in [0.3, 0.4) is 0 Å². The van der Waals surface area contributed by atoms with Gasteiger partial charge in [0.05, 0.1) is 29.8 Å². The predicted octanol–water partition coefficient (Wildman–Crippen LogP) is 4.58. The Morgan fingerprint density at radius 1 is 1.03 bits per heavy atom. The molecule has 156 valence electrons. The Morgan fingerprint density at radius 2 is 1.73 bits per heavy atom. The largest absolute Gasteiger partial charge is 0.387 e. The maximum atomic E-state index is 11.8. The second kappa shape index (κ2) is 7.88. The monoisotopic (exact) mass is 403 g/mol. The number of benzene rings is 1. The van der Waals surface area contributed by atoms with E-state index in [0.29, 0.717) is 17.4 Å². The van der Waals surface area contributed by atoms with Gasteiger partial charge < -0.3 is 14.8 Å². The molecule has 0 spiro atoms. The zero-order valence-corrected chi connectivity index (χ0v) is 17.4. The Balaban J connectivity index is 1.31. The molecule has 3 aromatic rings. The first-order chi connectivity index (χ1) is 14.7. The lowest BCUT2D eigenvalue weighted by molar-refractivity contribution is 0.0754. The first kappa shape index (κ1) is 19.3. The molecular formula is C25H29N3O2. The number of carbonyl (C=O) groups excluding carboxylic acids is 1. The molecule has 2 saturated carbocycles. The van der Waals surface area contributed by atoms with Crippen molar-refractivity contribution in [3.8, 4) is 0 Å². The molecule has 2 heterocycles. The molecule has 1 aromatic carbocycles. The number of fused-ring (bicyclic) bond motifs is 1. The molecule has 5 heteroatoms. The van der Waals surface area contributed by atoms with Gasteiger partial charge in [-0.25, -0.2) is 4.98 Å². The maximum absolute atomic E-state index is 11.8. The summed E-state index contributed by atoms with van der Waals surface area (Å²) in [5.74, 6) is 1.32. The number of pyridine rings is 1. The highest BCUT2D eigenvalue weighted by Crippen LogP contribution is 2.47. The molecule has 2 N–H and O–H groups in total. The first-order valence-corrected chi connectivity index (χ1v) is 11.1. The van der Waals surface area contributed by atoms with Crippen molar-refractivity contribution < 1.29 is 9.90 Å². The molecule has 0 aliphatic heterocycles. The number of carbonyl (C=O) groups is 1. The number of nitrogens with zero attached hydrogens (tertiary/aromatic N) is 2. The summed E-state index contributed by atoms with van der Waals surface area (Å²) in [4.78, 5) is 16.1. The predicted molar refractivity (Wildman–Crippen MR) is 117 cm³/mol. The van der Waals surface area contributed by atoms with E-state index in [0.717, 1.165) is 36.9 Å². The van der Waals surface area contributed by atoms with E-state index >= 15 is 0 Å². The van der Waals surface area contributed by atoms with Crippen LogP contribution in [-0.4, -0.2) is 27.4 Å². The third-order valence-corrected chi connectivity index (χ3v) is 7.04. The van der Waals surface area contributed by atoms with Gasteiger partial charge in [-0.15, -0.1) is 0 Å². The summed E-state index contributed by atoms with van der Waals surface area (Å²) in [7, 11) is 1.65. The summed E-state index contributed by atoms with van der Waals surface area (Å²) in [5, 5.41) is 14.1. The Morgan fingerprint density at radius 3 is 2.40 bits per heavy atom. The minimum atomic E-state index is -0.449. The number of amides is 1. The van der Waals surface area contributed by atoms with Gasteiger partial charge in [0.25, 0.3) is 5.91 Å². The number of imidazole rings is 1. The topological polar surface area (TPSA) is 66.6 Å². The molecule has 30 heavy (non-hydrogen) atoms. The van der Waals surface area contributed by atoms with Gasteiger partial charge in [-0.2, -0.15) is 0 Å². The summed E-state index contributed by atoms with van der Waals surface area (Å²) >= 11 is 0. The molecule has 0 radical (unpaired) electrons. The fraction of sp³-hybridized carbons (Fsp3) is 0.440. The van der Waals surface area contributed by atoms with E-state index in [9.17, 15) is 9.90 Å². The fourth-order valence-corrected chi connectivity index (χ4v) is 5.12. The van der Waals surface area contributed by atoms with Crippen molar-refractivity contribution in [2.75, 3.05) is 7.05 Å². The summed E-state index contributed by atoms with van der Waals surface area (Å²) in [6.45, 7) is 0. The lowest BCUT2D eigenvalue weighted by Gasteiger charge is -2.33. The van der Waals surface area contributed by atoms with Crippen molar-refractivity contribution in [2.24, 2.45) is 5.92 Å². The molecule has 2 fully saturated rings. The van der Waals surface area contributed by atoms with Crippen molar-refractivity contribution >= 4 is 11.4 Å². The van der Waals surface area contributed by atoms with Crippen LogP contribution in [0.5, 0.6) is 0 Å². The zero-order valence-electron chi connectivity index (χ0n) is 17.4. The second-order valence-electron chi connectivity index (χ2n) is 8.89. The number of aliphatic hydroxyl groups excluding tert-OH is 1. The van der Waals surface area contributed by atoms with Crippen LogP contribution in [0, 0.1) is 5.92 Å². The molecule has 0 saturated heterocycles. The third kappa shape index (κ3) is 3.52. The van der Waals surface area contributed by atoms with Crippen molar-refractivity contribution in [1.29, 1.82) is 0 Å². The van der Waals surface area contributed by atoms with E-state index in [4.69, 9.17) is 0 Å². The van der Waals surface area contributed by atoms with E-state index in [1.54, 1.807) is 7.05 Å². The summed E-state index contributed by atoms with van der Waals surface area (Å²) in [6.07, 6.45) is 9.87. The smallest absolute Gasteiger partial charge is 0.251 e. The Labute approximate surface area is 177 Å². The number of nitrogens with one attached hydrogen (secondary N) is 1. The van der Waals surface area contributed by atoms with Crippen molar-refractivity contribution in [3.63, 3.8) is 0 Å². The molecule has 0 unspecified atom stereocenters. The van der Waals surface area contributed by atoms with Crippen molar-refractivity contribution in [1.82, 2.24) is 14.7 Å². The molecular weight excluding hydrogens is 374 g/mol. The standard InChI is InChI=1S/C25H29N3O2/c1-26-25(30)20-10-4-17(5-11-20)16-2-8-19(9-3-16)24(29)23-22(18-6-7-18)13-12-21-14-27-15-28(21)23/h4-5,10-16,18-19,24,29H,2-3,6-9H2,1H3,(H,26,30)/t16-,19-,24-/m1/s1. The van der Waals surface area contributed by atoms with Crippen LogP contribution in [0.25, 0.3) is 5.52 Å². The quantitative estimate of drug-likeness (QED) is 0.655. The number of hydrogen-bond donors (Lipinski definition) is 2. The van der Waals surface area contributed by atoms with Crippen molar-refractivity contribution in [3.05, 3.63) is 71.3 Å². The average molecular weight is 404 g/mol. The molecule has 2 aliphatic rings. The van der Waals surface area contributed by atoms with Gasteiger partial charge in [0, 0.05) is 12.6 Å². The summed E-state index contributed by atoms with van der Waals surface area (Å²) < 4.78 is 2.10. The summed E-state index contributed by atoms with van der Waals surface area (Å²) in [5.41, 5.74) is 5.42. The van der Waals surface area contributed by atoms with E-state index in [1.807, 2.05) is 24.7 Å². The average Bonchev–Trinajstić information content (AvgIpc) is 3.54. The van der Waals surface area contributed by atoms with Crippen LogP contribution in [0.2, 0.25) is 0 Å². The molecule has 1 atom stereocenters. The van der Waals surface area contributed by atoms with Gasteiger partial charge in [-0.1, -0.05) is 18.2 Å². The van der Waals surface area contributed by atoms with Gasteiger partial charge in [0.1, 0.15) is 0 Å². The van der Waals surface area contributed by atoms with E-state index in [-0.39, 0.29) is 11.8 Å². The summed E-state index contributed by atoms with van der Waals surface area (Å²) in [6, 6.07) is 12.3. The van der Waals surface area contributed by atoms with Gasteiger partial charge in [0.2, 0.25) is 0 Å². The van der Waals surface area contributed by atoms with Gasteiger partial charge in [-0.05, 0) is 85.6 Å². The van der Waals surface area contributed by atoms with Gasteiger partial charge in [0.15, 0.2) is 0 Å². The van der Waals surface area contributed by atoms with Crippen LogP contribution >= 0.6 is 0 Å². The van der Waals surface area contributed by atoms with E-state index < -0.39 is 6.10 Å². The van der Waals surface area contributed by atoms with Crippen LogP contribution in [0.15, 0.2) is 48.9 Å². The number of aliphatic hydroxyl groups is 1. The number of aromatic nitrogens is 2. The Bertz CT molecular complexity index is 1040. The minimum absolute atomic E-state index is 0.0477. The molecule has 2 aromatic heterocycles. The minimum Gasteiger partial charge on any atom is -0.387 e. The normalized spacial score (nSPS) is 22.7. The molecule has 5 rings (SSSR count). The SMILES string of the molecule is CNC(=O)c1ccc([C@H]2CC[C@H]([C@@H](O)c3c(C4CC4)ccc4cncn34)CC2)cc1. The molecule has 2 aliphatic carbocycles. The highest BCUT2D eigenvalue weighted by Gasteiger charge is 2.34. The molecule has 0 bridgehead atoms. The first-order valence-electron chi connectivity index (χ1n) is 11.1. The Hall–Kier alpha value is -2.66. The number of hydrogen-bond acceptors (Lipinski definition) is 3. The lowest BCUT2D eigenvalue weighted by atomic mass is 9.75. The van der Waals surface area contributed by atoms with Crippen LogP contribution < -0.4 is 5.32 Å². The fourth-order valence-electron chi connectivity index (χ4n) is 5.12. The highest BCUT2D eigenvalue weighted by molar-refractivity contribution is 5.93. The van der Waals surface area contributed by atoms with Gasteiger partial charge >= 0.3 is 0 Å². The highest BCUT2D eigenvalue weighted by atomic mass is 16.3. The van der Waals surface area contributed by atoms with Crippen molar-refractivity contribution in [2.45, 2.75) is 56.5 Å². The zero-order chi connectivity index (χ0) is 20.7. The van der Waals surface area contributed by atoms with E-state index in [1.165, 1.54) is 24.0 Å². The lowest BCUT2D eigenvalue weighted by Crippen LogP contribution is -2.22. The van der Waals surface area contributed by atoms with E-state index in [2.05, 4.69) is 39.0 Å². The Kier molecular flexibility index (Phi) is 5.07. The number of rotatable bonds is 5. The molecule has 1 amide bonds. The van der Waals surface area contributed by atoms with Crippen LogP contribution in [-0.2, 0) is 0 Å². The molecule has 5 nitrogen and oxygen atoms in total. The third-order valence-electron chi connectivity index (χ3n) is 7.04. The maximum Gasteiger partial charge on any atom is 0.251 e. The van der Waals surface area contributed by atoms with Gasteiger partial charge in [-0.3, -0.25) is 4.79 Å².